The lowest BCUT2D eigenvalue weighted by Gasteiger charge is -2.40. The van der Waals surface area contributed by atoms with E-state index in [1.165, 1.54) is 0 Å². The topological polar surface area (TPSA) is 45.9 Å². The Bertz CT molecular complexity index is 408. The van der Waals surface area contributed by atoms with Crippen LogP contribution in [0.2, 0.25) is 0 Å². The monoisotopic (exact) mass is 216 g/mol. The molecule has 1 aromatic heterocycles. The smallest absolute Gasteiger partial charge is 0.104 e. The quantitative estimate of drug-likeness (QED) is 0.724. The second kappa shape index (κ2) is 3.88. The molecule has 0 saturated carbocycles. The summed E-state index contributed by atoms with van der Waals surface area (Å²) in [5.41, 5.74) is 0.142. The van der Waals surface area contributed by atoms with Gasteiger partial charge in [-0.05, 0) is 32.4 Å². The van der Waals surface area contributed by atoms with Crippen LogP contribution in [-0.2, 0) is 10.2 Å². The number of aromatic nitrogens is 1. The Kier molecular flexibility index (Phi) is 2.69. The molecule has 0 radical (unpaired) electrons. The van der Waals surface area contributed by atoms with Gasteiger partial charge in [0, 0.05) is 19.2 Å². The molecule has 3 heteroatoms. The summed E-state index contributed by atoms with van der Waals surface area (Å²) in [6, 6.07) is 8.19. The van der Waals surface area contributed by atoms with Crippen molar-refractivity contribution in [3.8, 4) is 6.07 Å². The number of hydrogen-bond acceptors (Lipinski definition) is 3. The first-order chi connectivity index (χ1) is 7.58. The predicted molar refractivity (Wildman–Crippen MR) is 60.8 cm³/mol. The summed E-state index contributed by atoms with van der Waals surface area (Å²) < 4.78 is 5.67. The lowest BCUT2D eigenvalue weighted by molar-refractivity contribution is -0.0723. The largest absolute Gasteiger partial charge is 0.375 e. The van der Waals surface area contributed by atoms with Gasteiger partial charge in [-0.3, -0.25) is 4.98 Å². The molecule has 3 nitrogen and oxygen atoms in total. The van der Waals surface area contributed by atoms with Gasteiger partial charge in [-0.25, -0.2) is 0 Å². The highest BCUT2D eigenvalue weighted by Crippen LogP contribution is 2.39. The fourth-order valence-corrected chi connectivity index (χ4v) is 2.38. The molecule has 0 aliphatic carbocycles. The fraction of sp³-hybridized carbons (Fsp3) is 0.538. The van der Waals surface area contributed by atoms with Gasteiger partial charge >= 0.3 is 0 Å². The third-order valence-electron chi connectivity index (χ3n) is 3.12. The van der Waals surface area contributed by atoms with E-state index in [2.05, 4.69) is 11.1 Å². The molecule has 0 spiro atoms. The van der Waals surface area contributed by atoms with Gasteiger partial charge in [-0.2, -0.15) is 5.26 Å². The van der Waals surface area contributed by atoms with E-state index >= 15 is 0 Å². The van der Waals surface area contributed by atoms with E-state index in [-0.39, 0.29) is 5.60 Å². The van der Waals surface area contributed by atoms with Gasteiger partial charge in [-0.15, -0.1) is 0 Å². The van der Waals surface area contributed by atoms with E-state index in [1.54, 1.807) is 6.20 Å². The van der Waals surface area contributed by atoms with Gasteiger partial charge in [0.05, 0.1) is 17.4 Å². The lowest BCUT2D eigenvalue weighted by atomic mass is 9.72. The first-order valence-electron chi connectivity index (χ1n) is 5.55. The summed E-state index contributed by atoms with van der Waals surface area (Å²) in [6.07, 6.45) is 3.17. The van der Waals surface area contributed by atoms with Gasteiger partial charge < -0.3 is 4.74 Å². The maximum atomic E-state index is 9.48. The Balaban J connectivity index is 2.38. The molecule has 1 atom stereocenters. The van der Waals surface area contributed by atoms with Crippen LogP contribution in [0.4, 0.5) is 0 Å². The van der Waals surface area contributed by atoms with E-state index in [1.807, 2.05) is 32.0 Å². The summed E-state index contributed by atoms with van der Waals surface area (Å²) in [5, 5.41) is 9.48. The molecule has 0 bridgehead atoms. The SMILES string of the molecule is CC1(C)CC(C#N)(c2ccccn2)CCO1. The molecular formula is C13H16N2O. The minimum absolute atomic E-state index is 0.245. The van der Waals surface area contributed by atoms with Crippen molar-refractivity contribution in [2.45, 2.75) is 37.7 Å². The van der Waals surface area contributed by atoms with Crippen molar-refractivity contribution < 1.29 is 4.74 Å². The molecule has 1 aromatic rings. The van der Waals surface area contributed by atoms with Crippen molar-refractivity contribution in [1.29, 1.82) is 5.26 Å². The average molecular weight is 216 g/mol. The maximum Gasteiger partial charge on any atom is 0.104 e. The highest BCUT2D eigenvalue weighted by atomic mass is 16.5. The summed E-state index contributed by atoms with van der Waals surface area (Å²) >= 11 is 0. The van der Waals surface area contributed by atoms with Crippen molar-refractivity contribution in [3.05, 3.63) is 30.1 Å². The molecule has 84 valence electrons. The summed E-state index contributed by atoms with van der Waals surface area (Å²) in [7, 11) is 0. The lowest BCUT2D eigenvalue weighted by Crippen LogP contribution is -2.43. The number of rotatable bonds is 1. The molecule has 1 saturated heterocycles. The predicted octanol–water partition coefficient (Wildman–Crippen LogP) is 2.43. The van der Waals surface area contributed by atoms with Crippen molar-refractivity contribution in [2.24, 2.45) is 0 Å². The molecule has 1 unspecified atom stereocenters. The zero-order valence-electron chi connectivity index (χ0n) is 9.73. The molecular weight excluding hydrogens is 200 g/mol. The second-order valence-corrected chi connectivity index (χ2v) is 4.94. The zero-order chi connectivity index (χ0) is 11.6. The Hall–Kier alpha value is -1.40. The van der Waals surface area contributed by atoms with Crippen LogP contribution in [0.25, 0.3) is 0 Å². The molecule has 1 aliphatic rings. The first-order valence-corrected chi connectivity index (χ1v) is 5.55. The second-order valence-electron chi connectivity index (χ2n) is 4.94. The van der Waals surface area contributed by atoms with E-state index < -0.39 is 5.41 Å². The first kappa shape index (κ1) is 11.1. The number of pyridine rings is 1. The maximum absolute atomic E-state index is 9.48. The van der Waals surface area contributed by atoms with Gasteiger partial charge in [0.1, 0.15) is 5.41 Å². The van der Waals surface area contributed by atoms with E-state index in [9.17, 15) is 5.26 Å². The summed E-state index contributed by atoms with van der Waals surface area (Å²) in [6.45, 7) is 4.68. The molecule has 1 aliphatic heterocycles. The molecule has 0 aromatic carbocycles. The van der Waals surface area contributed by atoms with Crippen LogP contribution in [0.5, 0.6) is 0 Å². The van der Waals surface area contributed by atoms with Crippen LogP contribution in [-0.4, -0.2) is 17.2 Å². The van der Waals surface area contributed by atoms with Crippen molar-refractivity contribution in [2.75, 3.05) is 6.61 Å². The molecule has 16 heavy (non-hydrogen) atoms. The van der Waals surface area contributed by atoms with Gasteiger partial charge in [0.25, 0.3) is 0 Å². The zero-order valence-corrected chi connectivity index (χ0v) is 9.73. The van der Waals surface area contributed by atoms with E-state index in [0.29, 0.717) is 13.0 Å². The number of hydrogen-bond donors (Lipinski definition) is 0. The van der Waals surface area contributed by atoms with Crippen LogP contribution in [0.15, 0.2) is 24.4 Å². The minimum Gasteiger partial charge on any atom is -0.375 e. The fourth-order valence-electron chi connectivity index (χ4n) is 2.38. The molecule has 2 heterocycles. The number of nitriles is 1. The molecule has 1 fully saturated rings. The summed E-state index contributed by atoms with van der Waals surface area (Å²) in [4.78, 5) is 4.33. The Morgan fingerprint density at radius 1 is 1.44 bits per heavy atom. The van der Waals surface area contributed by atoms with Crippen LogP contribution in [0.1, 0.15) is 32.4 Å². The highest BCUT2D eigenvalue weighted by molar-refractivity contribution is 5.28. The number of nitrogens with zero attached hydrogens (tertiary/aromatic N) is 2. The van der Waals surface area contributed by atoms with Crippen molar-refractivity contribution >= 4 is 0 Å². The average Bonchev–Trinajstić information content (AvgIpc) is 2.29. The molecule has 2 rings (SSSR count). The Morgan fingerprint density at radius 3 is 2.81 bits per heavy atom. The normalized spacial score (nSPS) is 28.3. The van der Waals surface area contributed by atoms with E-state index in [0.717, 1.165) is 12.1 Å². The minimum atomic E-state index is -0.483. The van der Waals surface area contributed by atoms with Crippen LogP contribution in [0.3, 0.4) is 0 Å². The van der Waals surface area contributed by atoms with Crippen LogP contribution < -0.4 is 0 Å². The Morgan fingerprint density at radius 2 is 2.25 bits per heavy atom. The van der Waals surface area contributed by atoms with E-state index in [4.69, 9.17) is 4.74 Å². The van der Waals surface area contributed by atoms with Crippen molar-refractivity contribution in [1.82, 2.24) is 4.98 Å². The summed E-state index contributed by atoms with van der Waals surface area (Å²) in [5.74, 6) is 0. The molecule has 0 N–H and O–H groups in total. The van der Waals surface area contributed by atoms with Gasteiger partial charge in [0.2, 0.25) is 0 Å². The third kappa shape index (κ3) is 1.94. The third-order valence-corrected chi connectivity index (χ3v) is 3.12. The van der Waals surface area contributed by atoms with Crippen LogP contribution >= 0.6 is 0 Å². The van der Waals surface area contributed by atoms with Crippen LogP contribution in [0, 0.1) is 11.3 Å². The highest BCUT2D eigenvalue weighted by Gasteiger charge is 2.43. The van der Waals surface area contributed by atoms with Gasteiger partial charge in [-0.1, -0.05) is 6.07 Å². The number of ether oxygens (including phenoxy) is 1. The standard InChI is InChI=1S/C13H16N2O/c1-12(2)9-13(10-14,6-8-16-12)11-5-3-4-7-15-11/h3-5,7H,6,8-9H2,1-2H3. The van der Waals surface area contributed by atoms with Gasteiger partial charge in [0.15, 0.2) is 0 Å². The Labute approximate surface area is 96.1 Å². The molecule has 0 amide bonds. The van der Waals surface area contributed by atoms with Crippen molar-refractivity contribution in [3.63, 3.8) is 0 Å².